The maximum absolute atomic E-state index is 12.3. The van der Waals surface area contributed by atoms with Gasteiger partial charge in [0.15, 0.2) is 0 Å². The molecule has 1 saturated heterocycles. The molecule has 0 radical (unpaired) electrons. The molecule has 1 aromatic rings. The molecule has 2 heterocycles. The number of carbonyl (C=O) groups excluding carboxylic acids is 1. The maximum Gasteiger partial charge on any atom is 0.236 e. The molecule has 1 aliphatic rings. The summed E-state index contributed by atoms with van der Waals surface area (Å²) in [5.41, 5.74) is 0. The summed E-state index contributed by atoms with van der Waals surface area (Å²) in [5, 5.41) is 3.30. The summed E-state index contributed by atoms with van der Waals surface area (Å²) >= 11 is 7.44. The Morgan fingerprint density at radius 2 is 2.40 bits per heavy atom. The van der Waals surface area contributed by atoms with Crippen LogP contribution in [0, 0.1) is 0 Å². The van der Waals surface area contributed by atoms with E-state index < -0.39 is 0 Å². The summed E-state index contributed by atoms with van der Waals surface area (Å²) in [7, 11) is 3.85. The molecule has 1 fully saturated rings. The van der Waals surface area contributed by atoms with Crippen molar-refractivity contribution in [3.05, 3.63) is 21.3 Å². The third kappa shape index (κ3) is 4.45. The number of nitrogens with zero attached hydrogens (tertiary/aromatic N) is 2. The predicted molar refractivity (Wildman–Crippen MR) is 84.3 cm³/mol. The van der Waals surface area contributed by atoms with Gasteiger partial charge in [-0.3, -0.25) is 9.69 Å². The van der Waals surface area contributed by atoms with Crippen LogP contribution in [-0.4, -0.2) is 55.5 Å². The third-order valence-corrected chi connectivity index (χ3v) is 4.94. The summed E-state index contributed by atoms with van der Waals surface area (Å²) in [6.07, 6.45) is 2.35. The van der Waals surface area contributed by atoms with Gasteiger partial charge in [0, 0.05) is 24.5 Å². The van der Waals surface area contributed by atoms with Gasteiger partial charge in [-0.1, -0.05) is 11.6 Å². The van der Waals surface area contributed by atoms with Crippen molar-refractivity contribution in [3.8, 4) is 0 Å². The van der Waals surface area contributed by atoms with Crippen LogP contribution in [0.2, 0.25) is 4.34 Å². The second kappa shape index (κ2) is 7.41. The monoisotopic (exact) mass is 315 g/mol. The van der Waals surface area contributed by atoms with Gasteiger partial charge in [-0.2, -0.15) is 0 Å². The molecule has 1 unspecified atom stereocenters. The highest BCUT2D eigenvalue weighted by molar-refractivity contribution is 7.16. The van der Waals surface area contributed by atoms with Gasteiger partial charge in [-0.05, 0) is 38.6 Å². The molecular formula is C14H22ClN3OS. The zero-order valence-corrected chi connectivity index (χ0v) is 13.6. The minimum atomic E-state index is 0.172. The Morgan fingerprint density at radius 1 is 1.60 bits per heavy atom. The molecule has 1 amide bonds. The van der Waals surface area contributed by atoms with E-state index in [2.05, 4.69) is 10.2 Å². The Morgan fingerprint density at radius 3 is 3.05 bits per heavy atom. The Labute approximate surface area is 129 Å². The molecule has 4 nitrogen and oxygen atoms in total. The number of hydrogen-bond donors (Lipinski definition) is 1. The van der Waals surface area contributed by atoms with E-state index in [9.17, 15) is 4.79 Å². The van der Waals surface area contributed by atoms with Crippen LogP contribution in [0.4, 0.5) is 0 Å². The highest BCUT2D eigenvalue weighted by Crippen LogP contribution is 2.22. The second-order valence-corrected chi connectivity index (χ2v) is 7.12. The molecular weight excluding hydrogens is 294 g/mol. The number of carbonyl (C=O) groups is 1. The lowest BCUT2D eigenvalue weighted by atomic mass is 10.1. The summed E-state index contributed by atoms with van der Waals surface area (Å²) in [6.45, 7) is 3.12. The number of nitrogens with one attached hydrogen (secondary N) is 1. The quantitative estimate of drug-likeness (QED) is 0.903. The molecule has 6 heteroatoms. The number of thiophene rings is 1. The van der Waals surface area contributed by atoms with Crippen LogP contribution >= 0.6 is 22.9 Å². The van der Waals surface area contributed by atoms with Gasteiger partial charge in [0.25, 0.3) is 0 Å². The Kier molecular flexibility index (Phi) is 5.84. The van der Waals surface area contributed by atoms with E-state index >= 15 is 0 Å². The Bertz CT molecular complexity index is 451. The van der Waals surface area contributed by atoms with E-state index in [1.165, 1.54) is 17.8 Å². The second-order valence-electron chi connectivity index (χ2n) is 5.32. The van der Waals surface area contributed by atoms with E-state index in [1.807, 2.05) is 26.2 Å². The molecule has 2 rings (SSSR count). The first-order valence-corrected chi connectivity index (χ1v) is 8.15. The number of amides is 1. The number of halogens is 1. The number of likely N-dealkylation sites (N-methyl/N-ethyl adjacent to an activating group) is 2. The van der Waals surface area contributed by atoms with Crippen molar-refractivity contribution in [2.75, 3.05) is 33.7 Å². The Balaban J connectivity index is 1.81. The number of likely N-dealkylation sites (tertiary alicyclic amines) is 1. The molecule has 0 spiro atoms. The van der Waals surface area contributed by atoms with Crippen molar-refractivity contribution in [3.63, 3.8) is 0 Å². The molecule has 20 heavy (non-hydrogen) atoms. The van der Waals surface area contributed by atoms with Crippen LogP contribution in [0.25, 0.3) is 0 Å². The van der Waals surface area contributed by atoms with Crippen molar-refractivity contribution in [2.24, 2.45) is 0 Å². The first-order valence-electron chi connectivity index (χ1n) is 6.96. The maximum atomic E-state index is 12.3. The predicted octanol–water partition coefficient (Wildman–Crippen LogP) is 2.04. The minimum absolute atomic E-state index is 0.172. The fraction of sp³-hybridized carbons (Fsp3) is 0.643. The highest BCUT2D eigenvalue weighted by Gasteiger charge is 2.21. The highest BCUT2D eigenvalue weighted by atomic mass is 35.5. The van der Waals surface area contributed by atoms with Gasteiger partial charge < -0.3 is 10.2 Å². The molecule has 0 aromatic carbocycles. The number of hydrogen-bond acceptors (Lipinski definition) is 4. The van der Waals surface area contributed by atoms with E-state index in [0.717, 1.165) is 28.7 Å². The topological polar surface area (TPSA) is 35.6 Å². The van der Waals surface area contributed by atoms with E-state index in [0.29, 0.717) is 19.1 Å². The van der Waals surface area contributed by atoms with Crippen LogP contribution in [0.1, 0.15) is 17.7 Å². The minimum Gasteiger partial charge on any atom is -0.340 e. The first kappa shape index (κ1) is 15.8. The fourth-order valence-corrected chi connectivity index (χ4v) is 3.65. The van der Waals surface area contributed by atoms with Gasteiger partial charge in [0.1, 0.15) is 0 Å². The largest absolute Gasteiger partial charge is 0.340 e. The smallest absolute Gasteiger partial charge is 0.236 e. The van der Waals surface area contributed by atoms with E-state index in [4.69, 9.17) is 11.6 Å². The normalized spacial score (nSPS) is 20.1. The van der Waals surface area contributed by atoms with Gasteiger partial charge >= 0.3 is 0 Å². The lowest BCUT2D eigenvalue weighted by molar-refractivity contribution is -0.131. The van der Waals surface area contributed by atoms with Crippen molar-refractivity contribution >= 4 is 28.8 Å². The average Bonchev–Trinajstić information content (AvgIpc) is 2.84. The van der Waals surface area contributed by atoms with Crippen LogP contribution in [-0.2, 0) is 11.3 Å². The van der Waals surface area contributed by atoms with Gasteiger partial charge in [0.05, 0.1) is 17.4 Å². The molecule has 1 aromatic heterocycles. The fourth-order valence-electron chi connectivity index (χ4n) is 2.51. The number of rotatable bonds is 5. The summed E-state index contributed by atoms with van der Waals surface area (Å²) < 4.78 is 0.772. The third-order valence-electron chi connectivity index (χ3n) is 3.72. The number of piperidine rings is 1. The lowest BCUT2D eigenvalue weighted by Crippen LogP contribution is -2.48. The van der Waals surface area contributed by atoms with Gasteiger partial charge in [-0.15, -0.1) is 11.3 Å². The molecule has 0 saturated carbocycles. The molecule has 0 aliphatic carbocycles. The zero-order valence-electron chi connectivity index (χ0n) is 12.1. The first-order chi connectivity index (χ1) is 9.58. The average molecular weight is 316 g/mol. The van der Waals surface area contributed by atoms with Crippen molar-refractivity contribution < 1.29 is 4.79 Å². The SMILES string of the molecule is CNC1CCCN(CC(=O)N(C)Cc2ccc(Cl)s2)C1. The van der Waals surface area contributed by atoms with Crippen molar-refractivity contribution in [1.29, 1.82) is 0 Å². The van der Waals surface area contributed by atoms with E-state index in [-0.39, 0.29) is 5.91 Å². The lowest BCUT2D eigenvalue weighted by Gasteiger charge is -2.33. The standard InChI is InChI=1S/C14H22ClN3OS/c1-16-11-4-3-7-18(8-11)10-14(19)17(2)9-12-5-6-13(15)20-12/h5-6,11,16H,3-4,7-10H2,1-2H3. The molecule has 0 bridgehead atoms. The summed E-state index contributed by atoms with van der Waals surface area (Å²) in [6, 6.07) is 4.37. The van der Waals surface area contributed by atoms with Gasteiger partial charge in [-0.25, -0.2) is 0 Å². The summed E-state index contributed by atoms with van der Waals surface area (Å²) in [5.74, 6) is 0.172. The molecule has 1 aliphatic heterocycles. The zero-order chi connectivity index (χ0) is 14.5. The molecule has 1 atom stereocenters. The van der Waals surface area contributed by atoms with Crippen LogP contribution < -0.4 is 5.32 Å². The molecule has 1 N–H and O–H groups in total. The summed E-state index contributed by atoms with van der Waals surface area (Å²) in [4.78, 5) is 17.4. The van der Waals surface area contributed by atoms with Crippen molar-refractivity contribution in [2.45, 2.75) is 25.4 Å². The van der Waals surface area contributed by atoms with Crippen molar-refractivity contribution in [1.82, 2.24) is 15.1 Å². The van der Waals surface area contributed by atoms with E-state index in [1.54, 1.807) is 4.90 Å². The Hall–Kier alpha value is -0.620. The van der Waals surface area contributed by atoms with Crippen LogP contribution in [0.3, 0.4) is 0 Å². The van der Waals surface area contributed by atoms with Gasteiger partial charge in [0.2, 0.25) is 5.91 Å². The van der Waals surface area contributed by atoms with Crippen LogP contribution in [0.5, 0.6) is 0 Å². The van der Waals surface area contributed by atoms with Crippen LogP contribution in [0.15, 0.2) is 12.1 Å². The molecule has 112 valence electrons.